The van der Waals surface area contributed by atoms with Gasteiger partial charge in [-0.05, 0) is 12.8 Å². The second-order valence-corrected chi connectivity index (χ2v) is 5.74. The molecular formula is C11H18N2OS2. The molecule has 1 unspecified atom stereocenters. The van der Waals surface area contributed by atoms with Crippen molar-refractivity contribution in [1.29, 1.82) is 0 Å². The molecule has 0 bridgehead atoms. The van der Waals surface area contributed by atoms with Crippen LogP contribution in [0.25, 0.3) is 0 Å². The van der Waals surface area contributed by atoms with Crippen molar-refractivity contribution in [3.63, 3.8) is 0 Å². The summed E-state index contributed by atoms with van der Waals surface area (Å²) in [6, 6.07) is 0. The molecule has 0 saturated heterocycles. The molecule has 0 spiro atoms. The van der Waals surface area contributed by atoms with Gasteiger partial charge in [-0.1, -0.05) is 13.8 Å². The normalized spacial score (nSPS) is 12.9. The number of carbonyl (C=O) groups excluding carboxylic acids is 1. The largest absolute Gasteiger partial charge is 0.340 e. The lowest BCUT2D eigenvalue weighted by Crippen LogP contribution is -2.35. The van der Waals surface area contributed by atoms with Gasteiger partial charge in [0.15, 0.2) is 0 Å². The minimum absolute atomic E-state index is 0.0751. The van der Waals surface area contributed by atoms with Crippen molar-refractivity contribution in [3.05, 3.63) is 16.1 Å². The smallest absolute Gasteiger partial charge is 0.235 e. The number of nitrogens with zero attached hydrogens (tertiary/aromatic N) is 2. The molecule has 0 aromatic carbocycles. The zero-order chi connectivity index (χ0) is 12.3. The minimum atomic E-state index is -0.224. The van der Waals surface area contributed by atoms with Crippen LogP contribution in [0.1, 0.15) is 24.4 Å². The molecular weight excluding hydrogens is 240 g/mol. The lowest BCUT2D eigenvalue weighted by Gasteiger charge is -2.22. The lowest BCUT2D eigenvalue weighted by molar-refractivity contribution is -0.130. The number of aryl methyl sites for hydroxylation is 1. The SMILES string of the molecule is Cc1ncsc1CN(C)C(=O)C(S)C(C)C. The first-order valence-electron chi connectivity index (χ1n) is 5.25. The Hall–Kier alpha value is -0.550. The van der Waals surface area contributed by atoms with Gasteiger partial charge in [0.05, 0.1) is 23.0 Å². The molecule has 3 nitrogen and oxygen atoms in total. The Morgan fingerprint density at radius 3 is 2.69 bits per heavy atom. The standard InChI is InChI=1S/C11H18N2OS2/c1-7(2)10(15)11(14)13(4)5-9-8(3)12-6-16-9/h6-7,10,15H,5H2,1-4H3. The lowest BCUT2D eigenvalue weighted by atomic mass is 10.1. The van der Waals surface area contributed by atoms with Crippen molar-refractivity contribution in [2.45, 2.75) is 32.6 Å². The molecule has 0 radical (unpaired) electrons. The Morgan fingerprint density at radius 2 is 2.25 bits per heavy atom. The highest BCUT2D eigenvalue weighted by Crippen LogP contribution is 2.17. The molecule has 1 atom stereocenters. The van der Waals surface area contributed by atoms with E-state index < -0.39 is 0 Å². The van der Waals surface area contributed by atoms with E-state index in [1.54, 1.807) is 16.2 Å². The molecule has 1 aromatic rings. The fourth-order valence-corrected chi connectivity index (χ4v) is 2.31. The van der Waals surface area contributed by atoms with Gasteiger partial charge < -0.3 is 4.90 Å². The van der Waals surface area contributed by atoms with Crippen LogP contribution in [0.2, 0.25) is 0 Å². The molecule has 0 fully saturated rings. The summed E-state index contributed by atoms with van der Waals surface area (Å²) in [5, 5.41) is -0.224. The maximum atomic E-state index is 12.0. The zero-order valence-electron chi connectivity index (χ0n) is 10.1. The highest BCUT2D eigenvalue weighted by atomic mass is 32.1. The Kier molecular flexibility index (Phi) is 4.80. The third-order valence-electron chi connectivity index (χ3n) is 2.49. The molecule has 1 rings (SSSR count). The van der Waals surface area contributed by atoms with E-state index in [1.165, 1.54) is 0 Å². The quantitative estimate of drug-likeness (QED) is 0.841. The Balaban J connectivity index is 2.62. The van der Waals surface area contributed by atoms with Crippen LogP contribution < -0.4 is 0 Å². The first-order valence-corrected chi connectivity index (χ1v) is 6.65. The van der Waals surface area contributed by atoms with E-state index in [0.29, 0.717) is 6.54 Å². The molecule has 16 heavy (non-hydrogen) atoms. The van der Waals surface area contributed by atoms with Gasteiger partial charge in [0.1, 0.15) is 0 Å². The number of thiol groups is 1. The third-order valence-corrected chi connectivity index (χ3v) is 4.22. The van der Waals surface area contributed by atoms with Crippen molar-refractivity contribution in [3.8, 4) is 0 Å². The summed E-state index contributed by atoms with van der Waals surface area (Å²) in [6.07, 6.45) is 0. The molecule has 0 N–H and O–H groups in total. The number of amides is 1. The summed E-state index contributed by atoms with van der Waals surface area (Å²) < 4.78 is 0. The zero-order valence-corrected chi connectivity index (χ0v) is 11.8. The monoisotopic (exact) mass is 258 g/mol. The van der Waals surface area contributed by atoms with Crippen LogP contribution in [0.5, 0.6) is 0 Å². The topological polar surface area (TPSA) is 33.2 Å². The summed E-state index contributed by atoms with van der Waals surface area (Å²) in [5.41, 5.74) is 2.81. The van der Waals surface area contributed by atoms with E-state index in [-0.39, 0.29) is 17.1 Å². The van der Waals surface area contributed by atoms with E-state index in [2.05, 4.69) is 17.6 Å². The molecule has 0 aliphatic rings. The minimum Gasteiger partial charge on any atom is -0.340 e. The van der Waals surface area contributed by atoms with Crippen LogP contribution >= 0.6 is 24.0 Å². The van der Waals surface area contributed by atoms with Crippen LogP contribution in [0.4, 0.5) is 0 Å². The van der Waals surface area contributed by atoms with Gasteiger partial charge in [-0.15, -0.1) is 11.3 Å². The molecule has 0 saturated carbocycles. The molecule has 0 aliphatic carbocycles. The van der Waals surface area contributed by atoms with Crippen molar-refractivity contribution in [1.82, 2.24) is 9.88 Å². The fraction of sp³-hybridized carbons (Fsp3) is 0.636. The van der Waals surface area contributed by atoms with E-state index in [4.69, 9.17) is 0 Å². The average molecular weight is 258 g/mol. The van der Waals surface area contributed by atoms with Crippen LogP contribution in [-0.2, 0) is 11.3 Å². The van der Waals surface area contributed by atoms with Crippen LogP contribution in [0.3, 0.4) is 0 Å². The van der Waals surface area contributed by atoms with E-state index >= 15 is 0 Å². The van der Waals surface area contributed by atoms with Crippen molar-refractivity contribution < 1.29 is 4.79 Å². The second-order valence-electron chi connectivity index (χ2n) is 4.24. The Labute approximate surface area is 106 Å². The summed E-state index contributed by atoms with van der Waals surface area (Å²) in [7, 11) is 1.81. The molecule has 5 heteroatoms. The second kappa shape index (κ2) is 5.68. The van der Waals surface area contributed by atoms with Gasteiger partial charge >= 0.3 is 0 Å². The van der Waals surface area contributed by atoms with Gasteiger partial charge in [-0.3, -0.25) is 4.79 Å². The first kappa shape index (κ1) is 13.5. The van der Waals surface area contributed by atoms with E-state index in [0.717, 1.165) is 10.6 Å². The summed E-state index contributed by atoms with van der Waals surface area (Å²) in [4.78, 5) is 19.0. The van der Waals surface area contributed by atoms with Gasteiger partial charge in [0.2, 0.25) is 5.91 Å². The maximum absolute atomic E-state index is 12.0. The van der Waals surface area contributed by atoms with Crippen LogP contribution in [-0.4, -0.2) is 28.1 Å². The van der Waals surface area contributed by atoms with Crippen molar-refractivity contribution in [2.75, 3.05) is 7.05 Å². The summed E-state index contributed by atoms with van der Waals surface area (Å²) in [6.45, 7) is 6.59. The van der Waals surface area contributed by atoms with E-state index in [9.17, 15) is 4.79 Å². The summed E-state index contributed by atoms with van der Waals surface area (Å²) >= 11 is 5.92. The molecule has 1 aromatic heterocycles. The number of aromatic nitrogens is 1. The third kappa shape index (κ3) is 3.22. The summed E-state index contributed by atoms with van der Waals surface area (Å²) in [5.74, 6) is 0.326. The first-order chi connectivity index (χ1) is 7.43. The van der Waals surface area contributed by atoms with E-state index in [1.807, 2.05) is 33.3 Å². The molecule has 1 amide bonds. The highest BCUT2D eigenvalue weighted by Gasteiger charge is 2.22. The number of hydrogen-bond donors (Lipinski definition) is 1. The van der Waals surface area contributed by atoms with Gasteiger partial charge in [0.25, 0.3) is 0 Å². The molecule has 90 valence electrons. The van der Waals surface area contributed by atoms with Gasteiger partial charge in [-0.2, -0.15) is 12.6 Å². The number of carbonyl (C=O) groups is 1. The van der Waals surface area contributed by atoms with Crippen LogP contribution in [0, 0.1) is 12.8 Å². The van der Waals surface area contributed by atoms with Gasteiger partial charge in [-0.25, -0.2) is 4.98 Å². The maximum Gasteiger partial charge on any atom is 0.235 e. The highest BCUT2D eigenvalue weighted by molar-refractivity contribution is 7.81. The number of hydrogen-bond acceptors (Lipinski definition) is 4. The van der Waals surface area contributed by atoms with Gasteiger partial charge in [0, 0.05) is 11.9 Å². The number of rotatable bonds is 4. The number of thiazole rings is 1. The Morgan fingerprint density at radius 1 is 1.62 bits per heavy atom. The fourth-order valence-electron chi connectivity index (χ4n) is 1.28. The predicted molar refractivity (Wildman–Crippen MR) is 70.9 cm³/mol. The molecule has 1 heterocycles. The molecule has 0 aliphatic heterocycles. The van der Waals surface area contributed by atoms with Crippen molar-refractivity contribution in [2.24, 2.45) is 5.92 Å². The van der Waals surface area contributed by atoms with Crippen LogP contribution in [0.15, 0.2) is 5.51 Å². The Bertz CT molecular complexity index is 363. The van der Waals surface area contributed by atoms with Crippen molar-refractivity contribution >= 4 is 29.9 Å². The predicted octanol–water partition coefficient (Wildman–Crippen LogP) is 2.36. The average Bonchev–Trinajstić information content (AvgIpc) is 2.62.